The lowest BCUT2D eigenvalue weighted by Gasteiger charge is -2.10. The zero-order valence-corrected chi connectivity index (χ0v) is 17.1. The lowest BCUT2D eigenvalue weighted by Crippen LogP contribution is -2.19. The van der Waals surface area contributed by atoms with E-state index in [1.807, 2.05) is 12.1 Å². The number of rotatable bonds is 6. The molecule has 0 fully saturated rings. The van der Waals surface area contributed by atoms with Crippen molar-refractivity contribution in [2.45, 2.75) is 0 Å². The van der Waals surface area contributed by atoms with Crippen LogP contribution < -0.4 is 4.74 Å². The summed E-state index contributed by atoms with van der Waals surface area (Å²) < 4.78 is 42.2. The van der Waals surface area contributed by atoms with Crippen LogP contribution in [-0.4, -0.2) is 37.9 Å². The van der Waals surface area contributed by atoms with Gasteiger partial charge in [0.15, 0.2) is 6.61 Å². The minimum absolute atomic E-state index is 0.321. The van der Waals surface area contributed by atoms with Crippen molar-refractivity contribution in [3.8, 4) is 5.75 Å². The van der Waals surface area contributed by atoms with Crippen LogP contribution in [0.1, 0.15) is 0 Å². The summed E-state index contributed by atoms with van der Waals surface area (Å²) in [4.78, 5) is 11.4. The van der Waals surface area contributed by atoms with Gasteiger partial charge >= 0.3 is 5.97 Å². The number of halogens is 3. The second-order valence-electron chi connectivity index (χ2n) is 3.49. The van der Waals surface area contributed by atoms with Crippen molar-refractivity contribution in [1.29, 1.82) is 0 Å². The highest BCUT2D eigenvalue weighted by Gasteiger charge is 2.12. The van der Waals surface area contributed by atoms with Crippen molar-refractivity contribution >= 4 is 83.9 Å². The molecule has 1 N–H and O–H groups in total. The molecule has 112 valence electrons. The molecule has 6 nitrogen and oxygen atoms in total. The first-order valence-corrected chi connectivity index (χ1v) is 9.91. The monoisotopic (exact) mass is 638 g/mol. The van der Waals surface area contributed by atoms with E-state index in [2.05, 4.69) is 72.5 Å². The van der Waals surface area contributed by atoms with Gasteiger partial charge in [-0.05, 0) is 79.9 Å². The number of esters is 1. The van der Waals surface area contributed by atoms with E-state index in [0.717, 1.165) is 10.7 Å². The van der Waals surface area contributed by atoms with Crippen molar-refractivity contribution in [3.63, 3.8) is 0 Å². The van der Waals surface area contributed by atoms with Gasteiger partial charge in [0.05, 0.1) is 7.14 Å². The van der Waals surface area contributed by atoms with Crippen LogP contribution in [0.2, 0.25) is 0 Å². The van der Waals surface area contributed by atoms with Gasteiger partial charge in [0, 0.05) is 3.57 Å². The first kappa shape index (κ1) is 18.6. The third kappa shape index (κ3) is 7.04. The van der Waals surface area contributed by atoms with Gasteiger partial charge in [-0.15, -0.1) is 0 Å². The van der Waals surface area contributed by atoms with E-state index < -0.39 is 28.4 Å². The van der Waals surface area contributed by atoms with Crippen LogP contribution in [0.5, 0.6) is 5.75 Å². The molecule has 20 heavy (non-hydrogen) atoms. The van der Waals surface area contributed by atoms with Gasteiger partial charge in [0.25, 0.3) is 10.1 Å². The van der Waals surface area contributed by atoms with E-state index in [-0.39, 0.29) is 6.61 Å². The van der Waals surface area contributed by atoms with Crippen LogP contribution in [0.3, 0.4) is 0 Å². The highest BCUT2D eigenvalue weighted by atomic mass is 127. The first-order chi connectivity index (χ1) is 9.19. The van der Waals surface area contributed by atoms with E-state index in [0.29, 0.717) is 5.75 Å². The van der Waals surface area contributed by atoms with Crippen molar-refractivity contribution in [3.05, 3.63) is 22.8 Å². The van der Waals surface area contributed by atoms with Crippen LogP contribution in [0.15, 0.2) is 12.1 Å². The predicted octanol–water partition coefficient (Wildman–Crippen LogP) is 2.31. The molecule has 0 spiro atoms. The molecular formula is C10H9I3O6S. The topological polar surface area (TPSA) is 89.9 Å². The maximum absolute atomic E-state index is 11.4. The Morgan fingerprint density at radius 2 is 1.75 bits per heavy atom. The smallest absolute Gasteiger partial charge is 0.344 e. The summed E-state index contributed by atoms with van der Waals surface area (Å²) in [5.41, 5.74) is 0. The molecule has 0 saturated heterocycles. The number of carbonyl (C=O) groups is 1. The molecule has 10 heteroatoms. The molecule has 0 unspecified atom stereocenters. The Balaban J connectivity index is 2.50. The number of carbonyl (C=O) groups excluding carboxylic acids is 1. The first-order valence-electron chi connectivity index (χ1n) is 5.07. The van der Waals surface area contributed by atoms with E-state index in [1.54, 1.807) is 0 Å². The fraction of sp³-hybridized carbons (Fsp3) is 0.300. The van der Waals surface area contributed by atoms with Crippen LogP contribution in [0.4, 0.5) is 0 Å². The van der Waals surface area contributed by atoms with Gasteiger partial charge in [0.1, 0.15) is 18.1 Å². The zero-order valence-electron chi connectivity index (χ0n) is 9.81. The van der Waals surface area contributed by atoms with Crippen LogP contribution in [0.25, 0.3) is 0 Å². The normalized spacial score (nSPS) is 11.2. The molecule has 0 aliphatic heterocycles. The summed E-state index contributed by atoms with van der Waals surface area (Å²) in [6, 6.07) is 3.81. The number of hydrogen-bond acceptors (Lipinski definition) is 5. The van der Waals surface area contributed by atoms with Crippen molar-refractivity contribution in [1.82, 2.24) is 0 Å². The van der Waals surface area contributed by atoms with Gasteiger partial charge < -0.3 is 9.47 Å². The molecule has 0 aliphatic carbocycles. The van der Waals surface area contributed by atoms with Crippen LogP contribution >= 0.6 is 67.8 Å². The SMILES string of the molecule is O=C(COc1c(I)cc(I)cc1I)OCCS(=O)(=O)O. The minimum Gasteiger partial charge on any atom is -0.480 e. The summed E-state index contributed by atoms with van der Waals surface area (Å²) >= 11 is 6.37. The lowest BCUT2D eigenvalue weighted by atomic mass is 10.3. The zero-order chi connectivity index (χ0) is 15.3. The number of hydrogen-bond donors (Lipinski definition) is 1. The Morgan fingerprint density at radius 1 is 1.20 bits per heavy atom. The fourth-order valence-corrected chi connectivity index (χ4v) is 5.29. The Labute approximate surface area is 157 Å². The summed E-state index contributed by atoms with van der Waals surface area (Å²) in [7, 11) is -4.13. The van der Waals surface area contributed by atoms with Crippen LogP contribution in [-0.2, 0) is 19.6 Å². The second-order valence-corrected chi connectivity index (χ2v) is 8.64. The Kier molecular flexibility index (Phi) is 7.72. The molecular weight excluding hydrogens is 629 g/mol. The van der Waals surface area contributed by atoms with E-state index in [1.165, 1.54) is 0 Å². The summed E-state index contributed by atoms with van der Waals surface area (Å²) in [6.45, 7) is -0.722. The third-order valence-electron chi connectivity index (χ3n) is 1.90. The largest absolute Gasteiger partial charge is 0.480 e. The molecule has 0 heterocycles. The fourth-order valence-electron chi connectivity index (χ4n) is 1.10. The molecule has 1 aromatic carbocycles. The van der Waals surface area contributed by atoms with Gasteiger partial charge in [-0.1, -0.05) is 0 Å². The second kappa shape index (κ2) is 8.28. The molecule has 0 amide bonds. The molecule has 0 saturated carbocycles. The molecule has 0 aromatic heterocycles. The molecule has 1 aromatic rings. The van der Waals surface area contributed by atoms with Crippen molar-refractivity contribution < 1.29 is 27.2 Å². The maximum atomic E-state index is 11.4. The number of ether oxygens (including phenoxy) is 2. The summed E-state index contributed by atoms with van der Waals surface area (Å²) in [5.74, 6) is -0.741. The van der Waals surface area contributed by atoms with Gasteiger partial charge in [0.2, 0.25) is 0 Å². The summed E-state index contributed by atoms with van der Waals surface area (Å²) in [6.07, 6.45) is 0. The average Bonchev–Trinajstić information content (AvgIpc) is 2.25. The van der Waals surface area contributed by atoms with Crippen LogP contribution in [0, 0.1) is 10.7 Å². The number of benzene rings is 1. The third-order valence-corrected chi connectivity index (χ3v) is 4.81. The molecule has 0 bridgehead atoms. The van der Waals surface area contributed by atoms with Crippen molar-refractivity contribution in [2.24, 2.45) is 0 Å². The predicted molar refractivity (Wildman–Crippen MR) is 97.5 cm³/mol. The Morgan fingerprint density at radius 3 is 2.25 bits per heavy atom. The van der Waals surface area contributed by atoms with Gasteiger partial charge in [-0.2, -0.15) is 8.42 Å². The maximum Gasteiger partial charge on any atom is 0.344 e. The molecule has 0 atom stereocenters. The highest BCUT2D eigenvalue weighted by Crippen LogP contribution is 2.29. The van der Waals surface area contributed by atoms with E-state index in [9.17, 15) is 13.2 Å². The lowest BCUT2D eigenvalue weighted by molar-refractivity contribution is -0.145. The van der Waals surface area contributed by atoms with E-state index in [4.69, 9.17) is 9.29 Å². The van der Waals surface area contributed by atoms with E-state index >= 15 is 0 Å². The minimum atomic E-state index is -4.13. The Bertz CT molecular complexity index is 578. The molecule has 0 radical (unpaired) electrons. The standard InChI is InChI=1S/C10H9I3O6S/c11-6-3-7(12)10(8(13)4-6)19-5-9(14)18-1-2-20(15,16)17/h3-4H,1-2,5H2,(H,15,16,17). The average molecular weight is 638 g/mol. The van der Waals surface area contributed by atoms with Crippen molar-refractivity contribution in [2.75, 3.05) is 19.0 Å². The molecule has 0 aliphatic rings. The summed E-state index contributed by atoms with van der Waals surface area (Å²) in [5, 5.41) is 0. The van der Waals surface area contributed by atoms with Gasteiger partial charge in [-0.3, -0.25) is 4.55 Å². The quantitative estimate of drug-likeness (QED) is 0.293. The Hall–Kier alpha value is 0.590. The molecule has 1 rings (SSSR count). The highest BCUT2D eigenvalue weighted by molar-refractivity contribution is 14.1. The van der Waals surface area contributed by atoms with Gasteiger partial charge in [-0.25, -0.2) is 4.79 Å².